The van der Waals surface area contributed by atoms with Crippen molar-refractivity contribution in [3.05, 3.63) is 72.5 Å². The number of benzene rings is 3. The normalized spacial score (nSPS) is 10.6. The third kappa shape index (κ3) is 5.22. The first kappa shape index (κ1) is 24.1. The highest BCUT2D eigenvalue weighted by Crippen LogP contribution is 2.40. The summed E-state index contributed by atoms with van der Waals surface area (Å²) in [5.74, 6) is 0.981. The molecule has 4 rings (SSSR count). The highest BCUT2D eigenvalue weighted by Gasteiger charge is 2.20. The van der Waals surface area contributed by atoms with Crippen LogP contribution in [0.1, 0.15) is 0 Å². The largest absolute Gasteiger partial charge is 0.493 e. The van der Waals surface area contributed by atoms with Gasteiger partial charge < -0.3 is 19.5 Å². The molecule has 0 atom stereocenters. The molecular formula is C25H23FN4O4S. The van der Waals surface area contributed by atoms with Gasteiger partial charge in [0.25, 0.3) is 0 Å². The van der Waals surface area contributed by atoms with E-state index in [9.17, 15) is 9.18 Å². The summed E-state index contributed by atoms with van der Waals surface area (Å²) >= 11 is 1.19. The Bertz CT molecular complexity index is 1310. The molecular weight excluding hydrogens is 471 g/mol. The van der Waals surface area contributed by atoms with Crippen molar-refractivity contribution < 1.29 is 23.4 Å². The van der Waals surface area contributed by atoms with Gasteiger partial charge in [0.05, 0.1) is 32.6 Å². The van der Waals surface area contributed by atoms with Crippen molar-refractivity contribution in [2.45, 2.75) is 5.16 Å². The Morgan fingerprint density at radius 3 is 2.23 bits per heavy atom. The number of anilines is 1. The molecule has 10 heteroatoms. The topological polar surface area (TPSA) is 87.5 Å². The first-order valence-electron chi connectivity index (χ1n) is 10.5. The third-order valence-electron chi connectivity index (χ3n) is 5.04. The maximum atomic E-state index is 14.5. The molecule has 1 N–H and O–H groups in total. The second kappa shape index (κ2) is 10.9. The zero-order valence-corrected chi connectivity index (χ0v) is 20.1. The van der Waals surface area contributed by atoms with Crippen molar-refractivity contribution in [1.29, 1.82) is 0 Å². The molecule has 3 aromatic carbocycles. The van der Waals surface area contributed by atoms with Gasteiger partial charge in [0, 0.05) is 23.5 Å². The Kier molecular flexibility index (Phi) is 7.51. The molecule has 0 unspecified atom stereocenters. The van der Waals surface area contributed by atoms with E-state index in [2.05, 4.69) is 15.5 Å². The quantitative estimate of drug-likeness (QED) is 0.334. The lowest BCUT2D eigenvalue weighted by molar-refractivity contribution is -0.113. The number of nitrogens with zero attached hydrogens (tertiary/aromatic N) is 3. The van der Waals surface area contributed by atoms with Crippen LogP contribution in [0.15, 0.2) is 71.9 Å². The lowest BCUT2D eigenvalue weighted by Gasteiger charge is -2.14. The summed E-state index contributed by atoms with van der Waals surface area (Å²) in [5, 5.41) is 11.7. The zero-order valence-electron chi connectivity index (χ0n) is 19.3. The van der Waals surface area contributed by atoms with Gasteiger partial charge in [-0.1, -0.05) is 42.1 Å². The number of amides is 1. The summed E-state index contributed by atoms with van der Waals surface area (Å²) in [4.78, 5) is 12.8. The average Bonchev–Trinajstić information content (AvgIpc) is 3.31. The minimum atomic E-state index is -0.409. The second-order valence-corrected chi connectivity index (χ2v) is 8.15. The molecule has 1 amide bonds. The van der Waals surface area contributed by atoms with Gasteiger partial charge in [0.2, 0.25) is 11.7 Å². The van der Waals surface area contributed by atoms with Crippen molar-refractivity contribution in [2.75, 3.05) is 32.4 Å². The predicted octanol–water partition coefficient (Wildman–Crippen LogP) is 4.83. The number of nitrogens with one attached hydrogen (secondary N) is 1. The van der Waals surface area contributed by atoms with Crippen LogP contribution in [0.3, 0.4) is 0 Å². The van der Waals surface area contributed by atoms with Gasteiger partial charge >= 0.3 is 0 Å². The summed E-state index contributed by atoms with van der Waals surface area (Å²) in [7, 11) is 4.51. The highest BCUT2D eigenvalue weighted by molar-refractivity contribution is 7.99. The lowest BCUT2D eigenvalue weighted by atomic mass is 10.2. The number of methoxy groups -OCH3 is 3. The lowest BCUT2D eigenvalue weighted by Crippen LogP contribution is -2.15. The SMILES string of the molecule is COc1cc(NC(=O)CSc2nnc(-c3ccccc3F)n2-c2ccccc2)cc(OC)c1OC. The summed E-state index contributed by atoms with van der Waals surface area (Å²) < 4.78 is 32.3. The smallest absolute Gasteiger partial charge is 0.234 e. The second-order valence-electron chi connectivity index (χ2n) is 7.21. The van der Waals surface area contributed by atoms with E-state index >= 15 is 0 Å². The number of carbonyl (C=O) groups is 1. The number of ether oxygens (including phenoxy) is 3. The van der Waals surface area contributed by atoms with E-state index in [0.717, 1.165) is 5.69 Å². The fourth-order valence-corrected chi connectivity index (χ4v) is 4.22. The number of halogens is 1. The van der Waals surface area contributed by atoms with E-state index in [1.165, 1.54) is 39.2 Å². The number of hydrogen-bond acceptors (Lipinski definition) is 7. The van der Waals surface area contributed by atoms with Crippen LogP contribution in [-0.2, 0) is 4.79 Å². The molecule has 0 aliphatic rings. The van der Waals surface area contributed by atoms with Crippen LogP contribution in [0.25, 0.3) is 17.1 Å². The molecule has 0 bridgehead atoms. The third-order valence-corrected chi connectivity index (χ3v) is 5.97. The molecule has 0 spiro atoms. The number of rotatable bonds is 9. The first-order chi connectivity index (χ1) is 17.0. The Morgan fingerprint density at radius 2 is 1.60 bits per heavy atom. The summed E-state index contributed by atoms with van der Waals surface area (Å²) in [6, 6.07) is 19.0. The van der Waals surface area contributed by atoms with Crippen LogP contribution in [0.5, 0.6) is 17.2 Å². The van der Waals surface area contributed by atoms with Gasteiger partial charge in [-0.05, 0) is 24.3 Å². The number of aromatic nitrogens is 3. The zero-order chi connectivity index (χ0) is 24.8. The van der Waals surface area contributed by atoms with E-state index in [4.69, 9.17) is 14.2 Å². The minimum Gasteiger partial charge on any atom is -0.493 e. The van der Waals surface area contributed by atoms with E-state index in [-0.39, 0.29) is 11.7 Å². The van der Waals surface area contributed by atoms with Crippen molar-refractivity contribution in [3.8, 4) is 34.3 Å². The Hall–Kier alpha value is -4.05. The molecule has 0 fully saturated rings. The predicted molar refractivity (Wildman–Crippen MR) is 132 cm³/mol. The van der Waals surface area contributed by atoms with Crippen LogP contribution >= 0.6 is 11.8 Å². The van der Waals surface area contributed by atoms with Gasteiger partial charge in [-0.2, -0.15) is 0 Å². The van der Waals surface area contributed by atoms with Crippen molar-refractivity contribution >= 4 is 23.4 Å². The molecule has 0 saturated carbocycles. The summed E-state index contributed by atoms with van der Waals surface area (Å²) in [5.41, 5.74) is 1.56. The number of thioether (sulfide) groups is 1. The standard InChI is InChI=1S/C25H23FN4O4S/c1-32-20-13-16(14-21(33-2)23(20)34-3)27-22(31)15-35-25-29-28-24(18-11-7-8-12-19(18)26)30(25)17-9-5-4-6-10-17/h4-14H,15H2,1-3H3,(H,27,31). The molecule has 0 radical (unpaired) electrons. The number of para-hydroxylation sites is 1. The maximum absolute atomic E-state index is 14.5. The number of carbonyl (C=O) groups excluding carboxylic acids is 1. The molecule has 0 aliphatic heterocycles. The Balaban J connectivity index is 1.58. The fraction of sp³-hybridized carbons (Fsp3) is 0.160. The molecule has 1 heterocycles. The molecule has 1 aromatic heterocycles. The van der Waals surface area contributed by atoms with E-state index in [1.54, 1.807) is 34.9 Å². The van der Waals surface area contributed by atoms with Crippen molar-refractivity contribution in [2.24, 2.45) is 0 Å². The van der Waals surface area contributed by atoms with Crippen LogP contribution in [0.2, 0.25) is 0 Å². The molecule has 8 nitrogen and oxygen atoms in total. The molecule has 35 heavy (non-hydrogen) atoms. The van der Waals surface area contributed by atoms with Crippen LogP contribution < -0.4 is 19.5 Å². The van der Waals surface area contributed by atoms with Crippen LogP contribution in [-0.4, -0.2) is 47.8 Å². The highest BCUT2D eigenvalue weighted by atomic mass is 32.2. The van der Waals surface area contributed by atoms with Gasteiger partial charge in [0.1, 0.15) is 5.82 Å². The van der Waals surface area contributed by atoms with Gasteiger partial charge in [-0.3, -0.25) is 9.36 Å². The summed E-state index contributed by atoms with van der Waals surface area (Å²) in [6.07, 6.45) is 0. The van der Waals surface area contributed by atoms with Gasteiger partial charge in [-0.15, -0.1) is 10.2 Å². The van der Waals surface area contributed by atoms with Gasteiger partial charge in [-0.25, -0.2) is 4.39 Å². The van der Waals surface area contributed by atoms with Crippen molar-refractivity contribution in [1.82, 2.24) is 14.8 Å². The van der Waals surface area contributed by atoms with Crippen molar-refractivity contribution in [3.63, 3.8) is 0 Å². The van der Waals surface area contributed by atoms with Gasteiger partial charge in [0.15, 0.2) is 22.5 Å². The first-order valence-corrected chi connectivity index (χ1v) is 11.5. The van der Waals surface area contributed by atoms with Crippen LogP contribution in [0, 0.1) is 5.82 Å². The molecule has 4 aromatic rings. The van der Waals surface area contributed by atoms with E-state index in [1.807, 2.05) is 30.3 Å². The summed E-state index contributed by atoms with van der Waals surface area (Å²) in [6.45, 7) is 0. The van der Waals surface area contributed by atoms with E-state index in [0.29, 0.717) is 39.5 Å². The Morgan fingerprint density at radius 1 is 0.943 bits per heavy atom. The molecule has 0 aliphatic carbocycles. The monoisotopic (exact) mass is 494 g/mol. The Labute approximate surface area is 206 Å². The van der Waals surface area contributed by atoms with E-state index < -0.39 is 5.82 Å². The maximum Gasteiger partial charge on any atom is 0.234 e. The fourth-order valence-electron chi connectivity index (χ4n) is 3.47. The average molecular weight is 495 g/mol. The molecule has 0 saturated heterocycles. The van der Waals surface area contributed by atoms with Crippen LogP contribution in [0.4, 0.5) is 10.1 Å². The minimum absolute atomic E-state index is 0.0406. The number of hydrogen-bond donors (Lipinski definition) is 1. The molecule has 180 valence electrons.